The average Bonchev–Trinajstić information content (AvgIpc) is 2.65. The van der Waals surface area contributed by atoms with Gasteiger partial charge in [-0.25, -0.2) is 0 Å². The van der Waals surface area contributed by atoms with Gasteiger partial charge in [-0.2, -0.15) is 0 Å². The Hall–Kier alpha value is -3.49. The van der Waals surface area contributed by atoms with Gasteiger partial charge in [0.05, 0.1) is 10.5 Å². The van der Waals surface area contributed by atoms with E-state index in [2.05, 4.69) is 20.9 Å². The number of carbonyl (C=O) groups is 2. The molecule has 1 aromatic carbocycles. The van der Waals surface area contributed by atoms with Crippen molar-refractivity contribution < 1.29 is 14.5 Å². The number of hydrogen-bond donors (Lipinski definition) is 3. The fourth-order valence-electron chi connectivity index (χ4n) is 2.29. The number of nitrogens with one attached hydrogen (secondary N) is 3. The van der Waals surface area contributed by atoms with Gasteiger partial charge in [-0.3, -0.25) is 24.7 Å². The molecule has 2 aromatic rings. The Bertz CT molecular complexity index is 824. The number of nitrogens with zero attached hydrogens (tertiary/aromatic N) is 2. The Morgan fingerprint density at radius 2 is 1.93 bits per heavy atom. The summed E-state index contributed by atoms with van der Waals surface area (Å²) in [5, 5.41) is 19.6. The van der Waals surface area contributed by atoms with Crippen LogP contribution < -0.4 is 16.0 Å². The maximum atomic E-state index is 12.0. The molecule has 2 amide bonds. The van der Waals surface area contributed by atoms with E-state index in [-0.39, 0.29) is 47.9 Å². The van der Waals surface area contributed by atoms with Crippen LogP contribution >= 0.6 is 0 Å². The smallest absolute Gasteiger partial charge is 0.293 e. The Kier molecular flexibility index (Phi) is 6.81. The molecule has 0 aliphatic carbocycles. The molecule has 3 N–H and O–H groups in total. The fraction of sp³-hybridized carbons (Fsp3) is 0.278. The summed E-state index contributed by atoms with van der Waals surface area (Å²) in [4.78, 5) is 38.5. The summed E-state index contributed by atoms with van der Waals surface area (Å²) >= 11 is 0. The van der Waals surface area contributed by atoms with E-state index in [9.17, 15) is 19.7 Å². The van der Waals surface area contributed by atoms with Crippen molar-refractivity contribution in [3.05, 3.63) is 64.0 Å². The van der Waals surface area contributed by atoms with E-state index in [4.69, 9.17) is 0 Å². The van der Waals surface area contributed by atoms with Gasteiger partial charge >= 0.3 is 0 Å². The number of aromatic nitrogens is 1. The summed E-state index contributed by atoms with van der Waals surface area (Å²) in [6, 6.07) is 7.46. The lowest BCUT2D eigenvalue weighted by Crippen LogP contribution is -2.30. The summed E-state index contributed by atoms with van der Waals surface area (Å²) in [5.41, 5.74) is 0.719. The second kappa shape index (κ2) is 9.27. The molecule has 1 heterocycles. The molecule has 0 radical (unpaired) electrons. The predicted molar refractivity (Wildman–Crippen MR) is 101 cm³/mol. The first-order chi connectivity index (χ1) is 12.9. The minimum atomic E-state index is -0.553. The van der Waals surface area contributed by atoms with Crippen LogP contribution in [0.5, 0.6) is 0 Å². The second-order valence-electron chi connectivity index (χ2n) is 6.04. The number of anilines is 1. The quantitative estimate of drug-likeness (QED) is 0.370. The molecule has 0 fully saturated rings. The highest BCUT2D eigenvalue weighted by Gasteiger charge is 2.17. The van der Waals surface area contributed by atoms with Crippen LogP contribution in [0.3, 0.4) is 0 Å². The summed E-state index contributed by atoms with van der Waals surface area (Å²) in [7, 11) is 0. The molecule has 9 nitrogen and oxygen atoms in total. The van der Waals surface area contributed by atoms with Crippen molar-refractivity contribution >= 4 is 23.2 Å². The van der Waals surface area contributed by atoms with E-state index in [1.165, 1.54) is 24.4 Å². The van der Waals surface area contributed by atoms with E-state index < -0.39 is 4.92 Å². The molecule has 27 heavy (non-hydrogen) atoms. The van der Waals surface area contributed by atoms with Crippen molar-refractivity contribution in [3.8, 4) is 0 Å². The number of nitro groups is 1. The van der Waals surface area contributed by atoms with Crippen LogP contribution in [-0.4, -0.2) is 40.9 Å². The summed E-state index contributed by atoms with van der Waals surface area (Å²) < 4.78 is 0. The fourth-order valence-corrected chi connectivity index (χ4v) is 2.29. The molecule has 0 aliphatic rings. The topological polar surface area (TPSA) is 126 Å². The Morgan fingerprint density at radius 3 is 2.56 bits per heavy atom. The van der Waals surface area contributed by atoms with Crippen molar-refractivity contribution in [3.63, 3.8) is 0 Å². The lowest BCUT2D eigenvalue weighted by atomic mass is 10.1. The molecule has 0 bridgehead atoms. The average molecular weight is 371 g/mol. The Labute approximate surface area is 156 Å². The first-order valence-corrected chi connectivity index (χ1v) is 8.40. The van der Waals surface area contributed by atoms with Crippen molar-refractivity contribution in [1.29, 1.82) is 0 Å². The van der Waals surface area contributed by atoms with E-state index in [0.717, 1.165) is 0 Å². The molecule has 1 aromatic heterocycles. The van der Waals surface area contributed by atoms with Crippen LogP contribution in [-0.2, 0) is 0 Å². The SMILES string of the molecule is CC(C)NC(=O)c1ccc(NCCNC(=O)c2cccnc2)c([N+](=O)[O-])c1. The molecule has 142 valence electrons. The lowest BCUT2D eigenvalue weighted by molar-refractivity contribution is -0.384. The number of rotatable bonds is 8. The van der Waals surface area contributed by atoms with Crippen LogP contribution in [0.2, 0.25) is 0 Å². The van der Waals surface area contributed by atoms with Crippen molar-refractivity contribution in [1.82, 2.24) is 15.6 Å². The lowest BCUT2D eigenvalue weighted by Gasteiger charge is -2.11. The molecular weight excluding hydrogens is 350 g/mol. The van der Waals surface area contributed by atoms with Gasteiger partial charge in [0.15, 0.2) is 0 Å². The monoisotopic (exact) mass is 371 g/mol. The number of amides is 2. The van der Waals surface area contributed by atoms with Gasteiger partial charge in [0.1, 0.15) is 5.69 Å². The highest BCUT2D eigenvalue weighted by molar-refractivity contribution is 5.96. The third-order valence-corrected chi connectivity index (χ3v) is 3.53. The molecule has 0 spiro atoms. The van der Waals surface area contributed by atoms with Crippen molar-refractivity contribution in [2.75, 3.05) is 18.4 Å². The first kappa shape index (κ1) is 19.8. The van der Waals surface area contributed by atoms with Crippen LogP contribution in [0.1, 0.15) is 34.6 Å². The Balaban J connectivity index is 1.96. The van der Waals surface area contributed by atoms with Crippen molar-refractivity contribution in [2.24, 2.45) is 0 Å². The summed E-state index contributed by atoms with van der Waals surface area (Å²) in [6.07, 6.45) is 3.02. The number of carbonyl (C=O) groups excluding carboxylic acids is 2. The van der Waals surface area contributed by atoms with Crippen LogP contribution in [0.25, 0.3) is 0 Å². The molecule has 0 unspecified atom stereocenters. The van der Waals surface area contributed by atoms with E-state index in [1.807, 2.05) is 13.8 Å². The molecule has 0 atom stereocenters. The van der Waals surface area contributed by atoms with Crippen molar-refractivity contribution in [2.45, 2.75) is 19.9 Å². The molecule has 0 saturated carbocycles. The number of hydrogen-bond acceptors (Lipinski definition) is 6. The number of benzene rings is 1. The maximum Gasteiger partial charge on any atom is 0.293 e. The standard InChI is InChI=1S/C18H21N5O4/c1-12(2)22-18(25)13-5-6-15(16(10-13)23(26)27)20-8-9-21-17(24)14-4-3-7-19-11-14/h3-7,10-12,20H,8-9H2,1-2H3,(H,21,24)(H,22,25). The highest BCUT2D eigenvalue weighted by atomic mass is 16.6. The first-order valence-electron chi connectivity index (χ1n) is 8.40. The van der Waals surface area contributed by atoms with E-state index >= 15 is 0 Å². The van der Waals surface area contributed by atoms with Crippen LogP contribution in [0.15, 0.2) is 42.7 Å². The normalized spacial score (nSPS) is 10.3. The van der Waals surface area contributed by atoms with Gasteiger partial charge in [0.2, 0.25) is 0 Å². The third-order valence-electron chi connectivity index (χ3n) is 3.53. The predicted octanol–water partition coefficient (Wildman–Crippen LogP) is 1.97. The van der Waals surface area contributed by atoms with Gasteiger partial charge in [-0.1, -0.05) is 0 Å². The van der Waals surface area contributed by atoms with Gasteiger partial charge in [-0.05, 0) is 38.1 Å². The van der Waals surface area contributed by atoms with Gasteiger partial charge in [0.25, 0.3) is 17.5 Å². The Morgan fingerprint density at radius 1 is 1.15 bits per heavy atom. The van der Waals surface area contributed by atoms with Gasteiger partial charge in [0, 0.05) is 43.2 Å². The minimum Gasteiger partial charge on any atom is -0.378 e. The minimum absolute atomic E-state index is 0.0715. The molecular formula is C18H21N5O4. The zero-order valence-electron chi connectivity index (χ0n) is 15.1. The molecule has 9 heteroatoms. The van der Waals surface area contributed by atoms with E-state index in [0.29, 0.717) is 5.56 Å². The zero-order valence-corrected chi connectivity index (χ0v) is 15.1. The van der Waals surface area contributed by atoms with Gasteiger partial charge in [-0.15, -0.1) is 0 Å². The summed E-state index contributed by atoms with van der Waals surface area (Å²) in [5.74, 6) is -0.650. The number of pyridine rings is 1. The summed E-state index contributed by atoms with van der Waals surface area (Å²) in [6.45, 7) is 4.16. The highest BCUT2D eigenvalue weighted by Crippen LogP contribution is 2.25. The zero-order chi connectivity index (χ0) is 19.8. The van der Waals surface area contributed by atoms with Crippen LogP contribution in [0.4, 0.5) is 11.4 Å². The molecule has 0 saturated heterocycles. The largest absolute Gasteiger partial charge is 0.378 e. The number of nitro benzene ring substituents is 1. The third kappa shape index (κ3) is 5.77. The van der Waals surface area contributed by atoms with Crippen LogP contribution in [0, 0.1) is 10.1 Å². The maximum absolute atomic E-state index is 12.0. The molecule has 0 aliphatic heterocycles. The van der Waals surface area contributed by atoms with Gasteiger partial charge < -0.3 is 16.0 Å². The molecule has 2 rings (SSSR count). The van der Waals surface area contributed by atoms with E-state index in [1.54, 1.807) is 18.3 Å². The second-order valence-corrected chi connectivity index (χ2v) is 6.04.